The van der Waals surface area contributed by atoms with Crippen molar-refractivity contribution in [1.29, 1.82) is 0 Å². The van der Waals surface area contributed by atoms with Crippen LogP contribution in [0.5, 0.6) is 5.75 Å². The molecule has 0 N–H and O–H groups in total. The Hall–Kier alpha value is -2.58. The lowest BCUT2D eigenvalue weighted by Crippen LogP contribution is -2.29. The molecule has 1 saturated carbocycles. The van der Waals surface area contributed by atoms with Gasteiger partial charge in [-0.3, -0.25) is 4.79 Å². The van der Waals surface area contributed by atoms with Crippen LogP contribution < -0.4 is 4.74 Å². The molecule has 26 heavy (non-hydrogen) atoms. The average Bonchev–Trinajstić information content (AvgIpc) is 3.12. The van der Waals surface area contributed by atoms with Gasteiger partial charge in [-0.05, 0) is 43.5 Å². The Kier molecular flexibility index (Phi) is 4.08. The molecule has 2 fully saturated rings. The van der Waals surface area contributed by atoms with Crippen molar-refractivity contribution in [2.24, 2.45) is 0 Å². The van der Waals surface area contributed by atoms with Gasteiger partial charge in [-0.2, -0.15) is 0 Å². The van der Waals surface area contributed by atoms with Crippen LogP contribution >= 0.6 is 0 Å². The van der Waals surface area contributed by atoms with Crippen LogP contribution in [0.25, 0.3) is 0 Å². The Bertz CT molecular complexity index is 799. The average molecular weight is 366 g/mol. The lowest BCUT2D eigenvalue weighted by molar-refractivity contribution is -0.274. The maximum atomic E-state index is 12.6. The number of ether oxygens (including phenoxy) is 1. The number of aromatic nitrogens is 3. The van der Waals surface area contributed by atoms with E-state index in [4.69, 9.17) is 0 Å². The summed E-state index contributed by atoms with van der Waals surface area (Å²) in [5.41, 5.74) is 1.34. The Morgan fingerprint density at radius 1 is 1.15 bits per heavy atom. The summed E-state index contributed by atoms with van der Waals surface area (Å²) in [6.07, 6.45) is 0.295. The van der Waals surface area contributed by atoms with E-state index in [1.54, 1.807) is 4.90 Å². The lowest BCUT2D eigenvalue weighted by atomic mass is 10.2. The number of hydrogen-bond acceptors (Lipinski definition) is 4. The van der Waals surface area contributed by atoms with Crippen LogP contribution in [0.15, 0.2) is 30.5 Å². The largest absolute Gasteiger partial charge is 0.573 e. The van der Waals surface area contributed by atoms with E-state index in [1.807, 2.05) is 10.9 Å². The summed E-state index contributed by atoms with van der Waals surface area (Å²) in [6.45, 7) is 1.08. The first-order valence-corrected chi connectivity index (χ1v) is 8.46. The van der Waals surface area contributed by atoms with Crippen molar-refractivity contribution in [1.82, 2.24) is 19.9 Å². The van der Waals surface area contributed by atoms with E-state index in [0.717, 1.165) is 37.1 Å². The first-order chi connectivity index (χ1) is 12.4. The zero-order valence-electron chi connectivity index (χ0n) is 13.8. The molecule has 4 rings (SSSR count). The van der Waals surface area contributed by atoms with Crippen LogP contribution in [0.3, 0.4) is 0 Å². The quantitative estimate of drug-likeness (QED) is 0.834. The van der Waals surface area contributed by atoms with Crippen molar-refractivity contribution >= 4 is 5.91 Å². The molecule has 1 aromatic heterocycles. The van der Waals surface area contributed by atoms with Crippen molar-refractivity contribution in [3.63, 3.8) is 0 Å². The molecular weight excluding hydrogens is 349 g/mol. The summed E-state index contributed by atoms with van der Waals surface area (Å²) in [6, 6.07) is 5.06. The summed E-state index contributed by atoms with van der Waals surface area (Å²) in [7, 11) is 0. The number of likely N-dealkylation sites (tertiary alicyclic amines) is 1. The molecule has 1 aromatic carbocycles. The van der Waals surface area contributed by atoms with Gasteiger partial charge in [0, 0.05) is 30.8 Å². The Morgan fingerprint density at radius 3 is 2.54 bits per heavy atom. The molecular formula is C17H17F3N4O2. The highest BCUT2D eigenvalue weighted by atomic mass is 19.4. The van der Waals surface area contributed by atoms with Gasteiger partial charge in [-0.25, -0.2) is 4.68 Å². The van der Waals surface area contributed by atoms with E-state index in [1.165, 1.54) is 12.1 Å². The molecule has 6 nitrogen and oxygen atoms in total. The zero-order valence-corrected chi connectivity index (χ0v) is 13.8. The third-order valence-corrected chi connectivity index (χ3v) is 4.68. The highest BCUT2D eigenvalue weighted by Crippen LogP contribution is 2.39. The molecule has 1 unspecified atom stereocenters. The predicted octanol–water partition coefficient (Wildman–Crippen LogP) is 3.14. The number of amides is 1. The summed E-state index contributed by atoms with van der Waals surface area (Å²) in [4.78, 5) is 14.2. The summed E-state index contributed by atoms with van der Waals surface area (Å²) in [5, 5.41) is 8.37. The van der Waals surface area contributed by atoms with Gasteiger partial charge in [-0.1, -0.05) is 5.21 Å². The third kappa shape index (κ3) is 3.66. The van der Waals surface area contributed by atoms with E-state index in [9.17, 15) is 18.0 Å². The number of rotatable bonds is 4. The fourth-order valence-electron chi connectivity index (χ4n) is 3.16. The van der Waals surface area contributed by atoms with Crippen molar-refractivity contribution in [2.45, 2.75) is 37.6 Å². The molecule has 138 valence electrons. The number of alkyl halides is 3. The minimum absolute atomic E-state index is 0.0757. The molecule has 1 aliphatic heterocycles. The number of halogens is 3. The van der Waals surface area contributed by atoms with Gasteiger partial charge < -0.3 is 9.64 Å². The monoisotopic (exact) mass is 366 g/mol. The Morgan fingerprint density at radius 2 is 1.88 bits per heavy atom. The van der Waals surface area contributed by atoms with E-state index < -0.39 is 6.36 Å². The second-order valence-electron chi connectivity index (χ2n) is 6.66. The van der Waals surface area contributed by atoms with Gasteiger partial charge >= 0.3 is 6.36 Å². The maximum Gasteiger partial charge on any atom is 0.573 e. The topological polar surface area (TPSA) is 60.2 Å². The Labute approximate surface area is 147 Å². The first-order valence-electron chi connectivity index (χ1n) is 8.46. The first kappa shape index (κ1) is 16.9. The van der Waals surface area contributed by atoms with Crippen LogP contribution in [0.4, 0.5) is 13.2 Å². The van der Waals surface area contributed by atoms with Gasteiger partial charge in [0.15, 0.2) is 0 Å². The van der Waals surface area contributed by atoms with Gasteiger partial charge in [0.05, 0.1) is 11.7 Å². The molecule has 9 heteroatoms. The third-order valence-electron chi connectivity index (χ3n) is 4.68. The minimum Gasteiger partial charge on any atom is -0.406 e. The second kappa shape index (κ2) is 6.30. The molecule has 1 aliphatic carbocycles. The summed E-state index contributed by atoms with van der Waals surface area (Å²) >= 11 is 0. The predicted molar refractivity (Wildman–Crippen MR) is 84.7 cm³/mol. The minimum atomic E-state index is -4.75. The molecule has 2 heterocycles. The maximum absolute atomic E-state index is 12.6. The van der Waals surface area contributed by atoms with E-state index in [-0.39, 0.29) is 17.7 Å². The van der Waals surface area contributed by atoms with Gasteiger partial charge in [0.25, 0.3) is 5.91 Å². The molecule has 2 aliphatic rings. The fraction of sp³-hybridized carbons (Fsp3) is 0.471. The second-order valence-corrected chi connectivity index (χ2v) is 6.66. The van der Waals surface area contributed by atoms with Gasteiger partial charge in [0.1, 0.15) is 5.75 Å². The molecule has 1 amide bonds. The van der Waals surface area contributed by atoms with Crippen LogP contribution in [0.1, 0.15) is 47.3 Å². The number of hydrogen-bond donors (Lipinski definition) is 0. The van der Waals surface area contributed by atoms with Crippen molar-refractivity contribution < 1.29 is 22.7 Å². The van der Waals surface area contributed by atoms with Crippen molar-refractivity contribution in [2.75, 3.05) is 13.1 Å². The number of carbonyl (C=O) groups is 1. The zero-order chi connectivity index (χ0) is 18.3. The molecule has 2 aromatic rings. The SMILES string of the molecule is O=C(c1ccc(OC(F)(F)F)cc1)N1CCC(n2cc(C3CC3)nn2)C1. The summed E-state index contributed by atoms with van der Waals surface area (Å²) in [5.74, 6) is -0.0301. The number of carbonyl (C=O) groups excluding carboxylic acids is 1. The van der Waals surface area contributed by atoms with E-state index in [0.29, 0.717) is 24.6 Å². The molecule has 0 spiro atoms. The molecule has 1 atom stereocenters. The smallest absolute Gasteiger partial charge is 0.406 e. The van der Waals surface area contributed by atoms with Gasteiger partial charge in [-0.15, -0.1) is 18.3 Å². The standard InChI is InChI=1S/C17H17F3N4O2/c18-17(19,20)26-14-5-3-12(4-6-14)16(25)23-8-7-13(9-23)24-10-15(21-22-24)11-1-2-11/h3-6,10-11,13H,1-2,7-9H2. The van der Waals surface area contributed by atoms with E-state index >= 15 is 0 Å². The van der Waals surface area contributed by atoms with Crippen LogP contribution in [0, 0.1) is 0 Å². The molecule has 0 radical (unpaired) electrons. The molecule has 0 bridgehead atoms. The fourth-order valence-corrected chi connectivity index (χ4v) is 3.16. The van der Waals surface area contributed by atoms with Crippen molar-refractivity contribution in [3.05, 3.63) is 41.7 Å². The summed E-state index contributed by atoms with van der Waals surface area (Å²) < 4.78 is 42.2. The highest BCUT2D eigenvalue weighted by molar-refractivity contribution is 5.94. The van der Waals surface area contributed by atoms with Crippen LogP contribution in [-0.4, -0.2) is 45.3 Å². The molecule has 1 saturated heterocycles. The van der Waals surface area contributed by atoms with Crippen LogP contribution in [-0.2, 0) is 0 Å². The lowest BCUT2D eigenvalue weighted by Gasteiger charge is -2.17. The number of nitrogens with zero attached hydrogens (tertiary/aromatic N) is 4. The Balaban J connectivity index is 1.39. The van der Waals surface area contributed by atoms with Crippen LogP contribution in [0.2, 0.25) is 0 Å². The van der Waals surface area contributed by atoms with Gasteiger partial charge in [0.2, 0.25) is 0 Å². The van der Waals surface area contributed by atoms with E-state index in [2.05, 4.69) is 15.0 Å². The van der Waals surface area contributed by atoms with Crippen molar-refractivity contribution in [3.8, 4) is 5.75 Å². The normalized spacial score (nSPS) is 20.4. The highest BCUT2D eigenvalue weighted by Gasteiger charge is 2.32. The number of benzene rings is 1.